The van der Waals surface area contributed by atoms with E-state index in [0.717, 1.165) is 0 Å². The molecule has 1 aromatic rings. The van der Waals surface area contributed by atoms with Crippen LogP contribution in [0.2, 0.25) is 0 Å². The summed E-state index contributed by atoms with van der Waals surface area (Å²) in [6, 6.07) is 0. The fraction of sp³-hybridized carbons (Fsp3) is 0.333. The van der Waals surface area contributed by atoms with Gasteiger partial charge in [-0.3, -0.25) is 4.98 Å². The van der Waals surface area contributed by atoms with Crippen molar-refractivity contribution in [3.8, 4) is 0 Å². The molecule has 0 bridgehead atoms. The SMILES string of the molecule is O=C(O[C@H]1CCOC1=O)c1cnccn1. The number of aromatic nitrogens is 2. The van der Waals surface area contributed by atoms with Crippen LogP contribution in [0.1, 0.15) is 16.9 Å². The van der Waals surface area contributed by atoms with Crippen molar-refractivity contribution in [2.24, 2.45) is 0 Å². The first-order valence-corrected chi connectivity index (χ1v) is 4.41. The maximum Gasteiger partial charge on any atom is 0.359 e. The second-order valence-electron chi connectivity index (χ2n) is 2.94. The molecule has 1 aromatic heterocycles. The Morgan fingerprint density at radius 1 is 1.53 bits per heavy atom. The minimum atomic E-state index is -0.806. The van der Waals surface area contributed by atoms with Crippen molar-refractivity contribution < 1.29 is 19.1 Å². The maximum absolute atomic E-state index is 11.4. The minimum absolute atomic E-state index is 0.0807. The molecule has 1 aliphatic rings. The second kappa shape index (κ2) is 4.04. The van der Waals surface area contributed by atoms with Crippen molar-refractivity contribution in [3.05, 3.63) is 24.3 Å². The van der Waals surface area contributed by atoms with Crippen LogP contribution in [0, 0.1) is 0 Å². The largest absolute Gasteiger partial charge is 0.463 e. The van der Waals surface area contributed by atoms with Crippen molar-refractivity contribution in [1.82, 2.24) is 9.97 Å². The highest BCUT2D eigenvalue weighted by molar-refractivity contribution is 5.89. The first-order valence-electron chi connectivity index (χ1n) is 4.41. The summed E-state index contributed by atoms with van der Waals surface area (Å²) in [5.74, 6) is -1.17. The minimum Gasteiger partial charge on any atom is -0.463 e. The van der Waals surface area contributed by atoms with E-state index < -0.39 is 18.0 Å². The summed E-state index contributed by atoms with van der Waals surface area (Å²) in [4.78, 5) is 29.9. The molecule has 15 heavy (non-hydrogen) atoms. The zero-order valence-electron chi connectivity index (χ0n) is 7.75. The van der Waals surface area contributed by atoms with Gasteiger partial charge in [-0.15, -0.1) is 0 Å². The van der Waals surface area contributed by atoms with Crippen molar-refractivity contribution in [2.75, 3.05) is 6.61 Å². The van der Waals surface area contributed by atoms with Crippen LogP contribution in [-0.4, -0.2) is 34.6 Å². The summed E-state index contributed by atoms with van der Waals surface area (Å²) in [5, 5.41) is 0. The molecule has 0 aliphatic carbocycles. The van der Waals surface area contributed by atoms with Gasteiger partial charge in [0.15, 0.2) is 5.69 Å². The van der Waals surface area contributed by atoms with E-state index >= 15 is 0 Å². The molecule has 0 unspecified atom stereocenters. The monoisotopic (exact) mass is 208 g/mol. The lowest BCUT2D eigenvalue weighted by atomic mass is 10.3. The van der Waals surface area contributed by atoms with Crippen molar-refractivity contribution in [2.45, 2.75) is 12.5 Å². The number of hydrogen-bond donors (Lipinski definition) is 0. The lowest BCUT2D eigenvalue weighted by molar-refractivity contribution is -0.145. The van der Waals surface area contributed by atoms with Gasteiger partial charge >= 0.3 is 11.9 Å². The zero-order chi connectivity index (χ0) is 10.7. The summed E-state index contributed by atoms with van der Waals surface area (Å²) in [6.07, 6.45) is 3.69. The number of cyclic esters (lactones) is 1. The Bertz CT molecular complexity index is 379. The van der Waals surface area contributed by atoms with Crippen molar-refractivity contribution in [1.29, 1.82) is 0 Å². The zero-order valence-corrected chi connectivity index (χ0v) is 7.75. The van der Waals surface area contributed by atoms with Crippen LogP contribution in [0.3, 0.4) is 0 Å². The molecule has 0 spiro atoms. The molecule has 78 valence electrons. The van der Waals surface area contributed by atoms with Gasteiger partial charge in [0.05, 0.1) is 12.8 Å². The van der Waals surface area contributed by atoms with Gasteiger partial charge in [0, 0.05) is 18.8 Å². The summed E-state index contributed by atoms with van der Waals surface area (Å²) in [5.41, 5.74) is 0.0807. The van der Waals surface area contributed by atoms with E-state index in [-0.39, 0.29) is 12.3 Å². The molecule has 1 saturated heterocycles. The quantitative estimate of drug-likeness (QED) is 0.634. The van der Waals surface area contributed by atoms with Crippen LogP contribution in [0.15, 0.2) is 18.6 Å². The second-order valence-corrected chi connectivity index (χ2v) is 2.94. The number of carbonyl (C=O) groups is 2. The average Bonchev–Trinajstić information content (AvgIpc) is 2.66. The van der Waals surface area contributed by atoms with E-state index in [4.69, 9.17) is 4.74 Å². The summed E-state index contributed by atoms with van der Waals surface area (Å²) >= 11 is 0. The molecule has 0 N–H and O–H groups in total. The average molecular weight is 208 g/mol. The third-order valence-electron chi connectivity index (χ3n) is 1.91. The Morgan fingerprint density at radius 2 is 2.40 bits per heavy atom. The maximum atomic E-state index is 11.4. The van der Waals surface area contributed by atoms with Crippen LogP contribution < -0.4 is 0 Å². The number of hydrogen-bond acceptors (Lipinski definition) is 6. The topological polar surface area (TPSA) is 78.4 Å². The lowest BCUT2D eigenvalue weighted by Crippen LogP contribution is -2.23. The molecule has 6 heteroatoms. The van der Waals surface area contributed by atoms with E-state index in [9.17, 15) is 9.59 Å². The van der Waals surface area contributed by atoms with Crippen molar-refractivity contribution >= 4 is 11.9 Å². The molecule has 0 aromatic carbocycles. The normalized spacial score (nSPS) is 19.7. The van der Waals surface area contributed by atoms with E-state index in [2.05, 4.69) is 14.7 Å². The van der Waals surface area contributed by atoms with Crippen LogP contribution in [-0.2, 0) is 14.3 Å². The molecule has 0 radical (unpaired) electrons. The first-order chi connectivity index (χ1) is 7.27. The third-order valence-corrected chi connectivity index (χ3v) is 1.91. The molecule has 2 rings (SSSR count). The standard InChI is InChI=1S/C9H8N2O4/c12-8(6-5-10-2-3-11-6)15-7-1-4-14-9(7)13/h2-3,5,7H,1,4H2/t7-/m0/s1. The Hall–Kier alpha value is -1.98. The van der Waals surface area contributed by atoms with E-state index in [1.165, 1.54) is 18.6 Å². The van der Waals surface area contributed by atoms with Gasteiger partial charge < -0.3 is 9.47 Å². The predicted molar refractivity (Wildman–Crippen MR) is 46.8 cm³/mol. The molecule has 1 atom stereocenters. The smallest absolute Gasteiger partial charge is 0.359 e. The highest BCUT2D eigenvalue weighted by atomic mass is 16.6. The van der Waals surface area contributed by atoms with E-state index in [1.807, 2.05) is 0 Å². The molecule has 0 amide bonds. The Balaban J connectivity index is 2.01. The van der Waals surface area contributed by atoms with Gasteiger partial charge in [-0.2, -0.15) is 0 Å². The van der Waals surface area contributed by atoms with Gasteiger partial charge in [0.1, 0.15) is 0 Å². The Morgan fingerprint density at radius 3 is 3.00 bits per heavy atom. The highest BCUT2D eigenvalue weighted by Gasteiger charge is 2.30. The molecular weight excluding hydrogens is 200 g/mol. The summed E-state index contributed by atoms with van der Waals surface area (Å²) < 4.78 is 9.54. The van der Waals surface area contributed by atoms with Gasteiger partial charge in [0.25, 0.3) is 0 Å². The molecular formula is C9H8N2O4. The summed E-state index contributed by atoms with van der Waals surface area (Å²) in [6.45, 7) is 0.289. The molecule has 6 nitrogen and oxygen atoms in total. The Kier molecular flexibility index (Phi) is 2.57. The number of rotatable bonds is 2. The fourth-order valence-electron chi connectivity index (χ4n) is 1.18. The van der Waals surface area contributed by atoms with Gasteiger partial charge in [-0.1, -0.05) is 0 Å². The lowest BCUT2D eigenvalue weighted by Gasteiger charge is -2.06. The van der Waals surface area contributed by atoms with Crippen LogP contribution in [0.4, 0.5) is 0 Å². The Labute approximate surface area is 85.2 Å². The van der Waals surface area contributed by atoms with Crippen LogP contribution in [0.5, 0.6) is 0 Å². The number of ether oxygens (including phenoxy) is 2. The van der Waals surface area contributed by atoms with Gasteiger partial charge in [-0.25, -0.2) is 14.6 Å². The predicted octanol–water partition coefficient (Wildman–Crippen LogP) is -0.0511. The van der Waals surface area contributed by atoms with E-state index in [0.29, 0.717) is 6.42 Å². The fourth-order valence-corrected chi connectivity index (χ4v) is 1.18. The van der Waals surface area contributed by atoms with Crippen molar-refractivity contribution in [3.63, 3.8) is 0 Å². The van der Waals surface area contributed by atoms with Gasteiger partial charge in [0.2, 0.25) is 6.10 Å². The van der Waals surface area contributed by atoms with E-state index in [1.54, 1.807) is 0 Å². The summed E-state index contributed by atoms with van der Waals surface area (Å²) in [7, 11) is 0. The molecule has 0 saturated carbocycles. The number of nitrogens with zero attached hydrogens (tertiary/aromatic N) is 2. The van der Waals surface area contributed by atoms with Crippen LogP contribution in [0.25, 0.3) is 0 Å². The first kappa shape index (κ1) is 9.57. The molecule has 1 fully saturated rings. The highest BCUT2D eigenvalue weighted by Crippen LogP contribution is 2.11. The number of carbonyl (C=O) groups excluding carboxylic acids is 2. The number of esters is 2. The third kappa shape index (κ3) is 2.09. The molecule has 1 aliphatic heterocycles. The van der Waals surface area contributed by atoms with Crippen LogP contribution >= 0.6 is 0 Å². The van der Waals surface area contributed by atoms with Gasteiger partial charge in [-0.05, 0) is 0 Å². The molecule has 2 heterocycles.